The van der Waals surface area contributed by atoms with E-state index in [1.807, 2.05) is 54.8 Å². The van der Waals surface area contributed by atoms with Crippen molar-refractivity contribution in [2.24, 2.45) is 5.10 Å². The van der Waals surface area contributed by atoms with E-state index in [0.717, 1.165) is 29.1 Å². The molecule has 26 heavy (non-hydrogen) atoms. The standard InChI is InChI=1S/C19H19N5OS/c1-2-5-18(25)22-15-9-7-14(8-10-15)17-13-26-19(23-17)24-21-12-16-6-3-4-11-20-16/h3-4,6-13H,2,5H2,1H3,(H,22,25)(H,23,24)/b21-12+. The number of benzene rings is 1. The Labute approximate surface area is 156 Å². The second kappa shape index (κ2) is 8.87. The van der Waals surface area contributed by atoms with Crippen molar-refractivity contribution in [3.63, 3.8) is 0 Å². The normalized spacial score (nSPS) is 10.8. The van der Waals surface area contributed by atoms with Crippen molar-refractivity contribution in [2.45, 2.75) is 19.8 Å². The van der Waals surface area contributed by atoms with E-state index in [2.05, 4.69) is 25.8 Å². The third kappa shape index (κ3) is 4.97. The molecule has 0 saturated heterocycles. The van der Waals surface area contributed by atoms with Crippen molar-refractivity contribution in [1.29, 1.82) is 0 Å². The van der Waals surface area contributed by atoms with Gasteiger partial charge < -0.3 is 5.32 Å². The SMILES string of the molecule is CCCC(=O)Nc1ccc(-c2csc(N/N=C/c3ccccn3)n2)cc1. The summed E-state index contributed by atoms with van der Waals surface area (Å²) in [6.45, 7) is 1.98. The number of amides is 1. The Hall–Kier alpha value is -3.06. The summed E-state index contributed by atoms with van der Waals surface area (Å²) < 4.78 is 0. The Kier molecular flexibility index (Phi) is 6.05. The summed E-state index contributed by atoms with van der Waals surface area (Å²) in [6.07, 6.45) is 4.73. The fourth-order valence-electron chi connectivity index (χ4n) is 2.24. The Bertz CT molecular complexity index is 874. The number of hydrogen-bond donors (Lipinski definition) is 2. The molecular formula is C19H19N5OS. The minimum Gasteiger partial charge on any atom is -0.326 e. The highest BCUT2D eigenvalue weighted by atomic mass is 32.1. The van der Waals surface area contributed by atoms with Crippen LogP contribution in [0.2, 0.25) is 0 Å². The predicted octanol–water partition coefficient (Wildman–Crippen LogP) is 4.39. The molecule has 2 heterocycles. The summed E-state index contributed by atoms with van der Waals surface area (Å²) in [5.41, 5.74) is 6.32. The minimum absolute atomic E-state index is 0.0335. The van der Waals surface area contributed by atoms with Crippen molar-refractivity contribution in [1.82, 2.24) is 9.97 Å². The lowest BCUT2D eigenvalue weighted by molar-refractivity contribution is -0.116. The molecule has 0 aliphatic heterocycles. The highest BCUT2D eigenvalue weighted by Gasteiger charge is 2.05. The molecule has 2 aromatic heterocycles. The van der Waals surface area contributed by atoms with E-state index in [0.29, 0.717) is 11.6 Å². The summed E-state index contributed by atoms with van der Waals surface area (Å²) in [4.78, 5) is 20.3. The first kappa shape index (κ1) is 17.8. The number of rotatable bonds is 7. The molecule has 132 valence electrons. The summed E-state index contributed by atoms with van der Waals surface area (Å²) in [5, 5.41) is 9.69. The first-order chi connectivity index (χ1) is 12.7. The number of thiazole rings is 1. The Morgan fingerprint density at radius 1 is 1.23 bits per heavy atom. The van der Waals surface area contributed by atoms with E-state index in [1.54, 1.807) is 12.4 Å². The smallest absolute Gasteiger partial charge is 0.224 e. The van der Waals surface area contributed by atoms with E-state index >= 15 is 0 Å². The van der Waals surface area contributed by atoms with Gasteiger partial charge in [-0.3, -0.25) is 15.2 Å². The largest absolute Gasteiger partial charge is 0.326 e. The van der Waals surface area contributed by atoms with Gasteiger partial charge in [-0.25, -0.2) is 4.98 Å². The highest BCUT2D eigenvalue weighted by Crippen LogP contribution is 2.26. The Morgan fingerprint density at radius 2 is 2.08 bits per heavy atom. The zero-order valence-corrected chi connectivity index (χ0v) is 15.2. The number of hydrogen-bond acceptors (Lipinski definition) is 6. The van der Waals surface area contributed by atoms with E-state index in [-0.39, 0.29) is 5.91 Å². The molecule has 0 fully saturated rings. The third-order valence-electron chi connectivity index (χ3n) is 3.49. The molecule has 3 aromatic rings. The van der Waals surface area contributed by atoms with E-state index in [9.17, 15) is 4.79 Å². The topological polar surface area (TPSA) is 79.3 Å². The van der Waals surface area contributed by atoms with Gasteiger partial charge in [0.2, 0.25) is 11.0 Å². The van der Waals surface area contributed by atoms with Crippen molar-refractivity contribution >= 4 is 34.3 Å². The van der Waals surface area contributed by atoms with E-state index < -0.39 is 0 Å². The van der Waals surface area contributed by atoms with Crippen molar-refractivity contribution in [3.05, 3.63) is 59.7 Å². The van der Waals surface area contributed by atoms with Gasteiger partial charge >= 0.3 is 0 Å². The van der Waals surface area contributed by atoms with Crippen LogP contribution in [-0.2, 0) is 4.79 Å². The second-order valence-corrected chi connectivity index (χ2v) is 6.40. The first-order valence-electron chi connectivity index (χ1n) is 8.30. The maximum Gasteiger partial charge on any atom is 0.224 e. The van der Waals surface area contributed by atoms with Crippen LogP contribution in [0.1, 0.15) is 25.5 Å². The van der Waals surface area contributed by atoms with Gasteiger partial charge in [0, 0.05) is 29.2 Å². The van der Waals surface area contributed by atoms with E-state index in [4.69, 9.17) is 0 Å². The lowest BCUT2D eigenvalue weighted by Gasteiger charge is -2.04. The number of pyridine rings is 1. The maximum absolute atomic E-state index is 11.6. The van der Waals surface area contributed by atoms with Gasteiger partial charge in [-0.1, -0.05) is 25.1 Å². The van der Waals surface area contributed by atoms with Gasteiger partial charge in [0.25, 0.3) is 0 Å². The average molecular weight is 365 g/mol. The molecule has 0 aliphatic carbocycles. The maximum atomic E-state index is 11.6. The number of carbonyl (C=O) groups is 1. The predicted molar refractivity (Wildman–Crippen MR) is 107 cm³/mol. The summed E-state index contributed by atoms with van der Waals surface area (Å²) in [6, 6.07) is 13.3. The van der Waals surface area contributed by atoms with Crippen LogP contribution < -0.4 is 10.7 Å². The van der Waals surface area contributed by atoms with Crippen LogP contribution in [0.5, 0.6) is 0 Å². The van der Waals surface area contributed by atoms with Crippen molar-refractivity contribution < 1.29 is 4.79 Å². The molecule has 0 atom stereocenters. The molecule has 0 radical (unpaired) electrons. The lowest BCUT2D eigenvalue weighted by Crippen LogP contribution is -2.10. The number of nitrogens with one attached hydrogen (secondary N) is 2. The molecule has 0 bridgehead atoms. The van der Waals surface area contributed by atoms with Crippen LogP contribution in [0.25, 0.3) is 11.3 Å². The van der Waals surface area contributed by atoms with Crippen LogP contribution in [0.4, 0.5) is 10.8 Å². The van der Waals surface area contributed by atoms with Gasteiger partial charge in [-0.2, -0.15) is 5.10 Å². The number of nitrogens with zero attached hydrogens (tertiary/aromatic N) is 3. The zero-order chi connectivity index (χ0) is 18.2. The number of hydrazone groups is 1. The van der Waals surface area contributed by atoms with Crippen LogP contribution in [0, 0.1) is 0 Å². The summed E-state index contributed by atoms with van der Waals surface area (Å²) >= 11 is 1.47. The van der Waals surface area contributed by atoms with Crippen molar-refractivity contribution in [3.8, 4) is 11.3 Å². The van der Waals surface area contributed by atoms with Crippen LogP contribution in [0.3, 0.4) is 0 Å². The Balaban J connectivity index is 1.60. The van der Waals surface area contributed by atoms with Gasteiger partial charge in [-0.05, 0) is 30.7 Å². The molecule has 0 aliphatic rings. The monoisotopic (exact) mass is 365 g/mol. The molecule has 0 unspecified atom stereocenters. The molecular weight excluding hydrogens is 346 g/mol. The van der Waals surface area contributed by atoms with Crippen LogP contribution in [-0.4, -0.2) is 22.1 Å². The van der Waals surface area contributed by atoms with Gasteiger partial charge in [0.1, 0.15) is 0 Å². The van der Waals surface area contributed by atoms with E-state index in [1.165, 1.54) is 11.3 Å². The van der Waals surface area contributed by atoms with Gasteiger partial charge in [0.05, 0.1) is 17.6 Å². The highest BCUT2D eigenvalue weighted by molar-refractivity contribution is 7.14. The first-order valence-corrected chi connectivity index (χ1v) is 9.18. The molecule has 7 heteroatoms. The molecule has 0 saturated carbocycles. The van der Waals surface area contributed by atoms with Crippen LogP contribution in [0.15, 0.2) is 59.1 Å². The second-order valence-electron chi connectivity index (χ2n) is 5.54. The fourth-order valence-corrected chi connectivity index (χ4v) is 2.91. The quantitative estimate of drug-likeness (QED) is 0.481. The average Bonchev–Trinajstić information content (AvgIpc) is 3.12. The summed E-state index contributed by atoms with van der Waals surface area (Å²) in [7, 11) is 0. The molecule has 2 N–H and O–H groups in total. The summed E-state index contributed by atoms with van der Waals surface area (Å²) in [5.74, 6) is 0.0335. The molecule has 6 nitrogen and oxygen atoms in total. The zero-order valence-electron chi connectivity index (χ0n) is 14.3. The van der Waals surface area contributed by atoms with Crippen LogP contribution >= 0.6 is 11.3 Å². The minimum atomic E-state index is 0.0335. The van der Waals surface area contributed by atoms with Gasteiger partial charge in [0.15, 0.2) is 0 Å². The van der Waals surface area contributed by atoms with Crippen molar-refractivity contribution in [2.75, 3.05) is 10.7 Å². The molecule has 3 rings (SSSR count). The fraction of sp³-hybridized carbons (Fsp3) is 0.158. The van der Waals surface area contributed by atoms with Gasteiger partial charge in [-0.15, -0.1) is 11.3 Å². The molecule has 0 spiro atoms. The number of aromatic nitrogens is 2. The third-order valence-corrected chi connectivity index (χ3v) is 4.24. The number of anilines is 2. The number of carbonyl (C=O) groups excluding carboxylic acids is 1. The Morgan fingerprint density at radius 3 is 2.81 bits per heavy atom. The molecule has 1 amide bonds. The lowest BCUT2D eigenvalue weighted by atomic mass is 10.1. The molecule has 1 aromatic carbocycles.